The van der Waals surface area contributed by atoms with Crippen LogP contribution in [0.4, 0.5) is 0 Å². The van der Waals surface area contributed by atoms with Crippen LogP contribution in [0.5, 0.6) is 0 Å². The normalized spacial score (nSPS) is 10.4. The molecule has 2 aromatic carbocycles. The number of rotatable bonds is 2. The van der Waals surface area contributed by atoms with Crippen LogP contribution in [0.25, 0.3) is 0 Å². The number of carbonyl (C=O) groups is 1. The molecule has 0 unspecified atom stereocenters. The highest BCUT2D eigenvalue weighted by Crippen LogP contribution is 2.24. The van der Waals surface area contributed by atoms with Gasteiger partial charge in [0.1, 0.15) is 0 Å². The van der Waals surface area contributed by atoms with Crippen molar-refractivity contribution in [3.63, 3.8) is 0 Å². The van der Waals surface area contributed by atoms with E-state index < -0.39 is 0 Å². The molecule has 0 amide bonds. The summed E-state index contributed by atoms with van der Waals surface area (Å²) in [7, 11) is 0. The van der Waals surface area contributed by atoms with E-state index in [1.807, 2.05) is 32.0 Å². The van der Waals surface area contributed by atoms with E-state index in [9.17, 15) is 4.79 Å². The molecule has 18 heavy (non-hydrogen) atoms. The fourth-order valence-corrected chi connectivity index (χ4v) is 2.38. The van der Waals surface area contributed by atoms with Gasteiger partial charge in [-0.2, -0.15) is 0 Å². The SMILES string of the molecule is Cc1ccc(C(=O)c2ccc(Cl)cc2Cl)c(C)c1. The molecule has 0 aliphatic heterocycles. The zero-order chi connectivity index (χ0) is 13.3. The molecule has 0 radical (unpaired) electrons. The van der Waals surface area contributed by atoms with E-state index in [1.165, 1.54) is 0 Å². The highest BCUT2D eigenvalue weighted by Gasteiger charge is 2.15. The number of ketones is 1. The van der Waals surface area contributed by atoms with Crippen molar-refractivity contribution < 1.29 is 4.79 Å². The maximum Gasteiger partial charge on any atom is 0.194 e. The molecule has 0 aliphatic rings. The van der Waals surface area contributed by atoms with Crippen molar-refractivity contribution in [1.82, 2.24) is 0 Å². The Bertz CT molecular complexity index is 564. The molecule has 0 aromatic heterocycles. The highest BCUT2D eigenvalue weighted by molar-refractivity contribution is 6.37. The summed E-state index contributed by atoms with van der Waals surface area (Å²) in [6.45, 7) is 3.92. The van der Waals surface area contributed by atoms with Crippen LogP contribution >= 0.6 is 23.2 Å². The van der Waals surface area contributed by atoms with E-state index in [0.717, 1.165) is 11.1 Å². The van der Waals surface area contributed by atoms with Crippen LogP contribution in [-0.2, 0) is 0 Å². The van der Waals surface area contributed by atoms with Crippen molar-refractivity contribution >= 4 is 29.0 Å². The number of halogens is 2. The first-order valence-electron chi connectivity index (χ1n) is 5.56. The molecule has 3 heteroatoms. The van der Waals surface area contributed by atoms with E-state index in [-0.39, 0.29) is 5.78 Å². The van der Waals surface area contributed by atoms with Gasteiger partial charge in [-0.25, -0.2) is 0 Å². The van der Waals surface area contributed by atoms with E-state index in [1.54, 1.807) is 18.2 Å². The molecule has 0 fully saturated rings. The first-order valence-corrected chi connectivity index (χ1v) is 6.31. The van der Waals surface area contributed by atoms with Crippen molar-refractivity contribution in [2.75, 3.05) is 0 Å². The molecule has 2 aromatic rings. The second-order valence-corrected chi connectivity index (χ2v) is 5.12. The predicted octanol–water partition coefficient (Wildman–Crippen LogP) is 4.84. The van der Waals surface area contributed by atoms with Gasteiger partial charge in [0.2, 0.25) is 0 Å². The van der Waals surface area contributed by atoms with Gasteiger partial charge in [0.25, 0.3) is 0 Å². The maximum absolute atomic E-state index is 12.4. The first-order chi connectivity index (χ1) is 8.49. The fraction of sp³-hybridized carbons (Fsp3) is 0.133. The minimum atomic E-state index is -0.0748. The Kier molecular flexibility index (Phi) is 3.74. The molecule has 1 nitrogen and oxygen atoms in total. The van der Waals surface area contributed by atoms with E-state index in [4.69, 9.17) is 23.2 Å². The molecule has 0 heterocycles. The van der Waals surface area contributed by atoms with Crippen molar-refractivity contribution in [1.29, 1.82) is 0 Å². The lowest BCUT2D eigenvalue weighted by Gasteiger charge is -2.07. The van der Waals surface area contributed by atoms with Crippen molar-refractivity contribution in [3.05, 3.63) is 68.7 Å². The Morgan fingerprint density at radius 1 is 0.944 bits per heavy atom. The van der Waals surface area contributed by atoms with E-state index >= 15 is 0 Å². The third-order valence-corrected chi connectivity index (χ3v) is 3.35. The summed E-state index contributed by atoms with van der Waals surface area (Å²) in [5, 5.41) is 0.907. The van der Waals surface area contributed by atoms with Crippen LogP contribution in [0.15, 0.2) is 36.4 Å². The average molecular weight is 279 g/mol. The number of carbonyl (C=O) groups excluding carboxylic acids is 1. The zero-order valence-corrected chi connectivity index (χ0v) is 11.6. The number of hydrogen-bond acceptors (Lipinski definition) is 1. The number of aryl methyl sites for hydroxylation is 2. The lowest BCUT2D eigenvalue weighted by atomic mass is 9.97. The number of benzene rings is 2. The van der Waals surface area contributed by atoms with E-state index in [0.29, 0.717) is 21.2 Å². The third-order valence-electron chi connectivity index (χ3n) is 2.80. The average Bonchev–Trinajstić information content (AvgIpc) is 2.28. The van der Waals surface area contributed by atoms with Gasteiger partial charge < -0.3 is 0 Å². The Balaban J connectivity index is 2.48. The van der Waals surface area contributed by atoms with Gasteiger partial charge in [0.15, 0.2) is 5.78 Å². The molecule has 2 rings (SSSR count). The summed E-state index contributed by atoms with van der Waals surface area (Å²) < 4.78 is 0. The van der Waals surface area contributed by atoms with Crippen molar-refractivity contribution in [2.45, 2.75) is 13.8 Å². The highest BCUT2D eigenvalue weighted by atomic mass is 35.5. The summed E-state index contributed by atoms with van der Waals surface area (Å²) in [6, 6.07) is 10.6. The summed E-state index contributed by atoms with van der Waals surface area (Å²) in [5.74, 6) is -0.0748. The lowest BCUT2D eigenvalue weighted by Crippen LogP contribution is -2.04. The molecular weight excluding hydrogens is 267 g/mol. The van der Waals surface area contributed by atoms with E-state index in [2.05, 4.69) is 0 Å². The summed E-state index contributed by atoms with van der Waals surface area (Å²) in [6.07, 6.45) is 0. The molecule has 0 saturated carbocycles. The van der Waals surface area contributed by atoms with Gasteiger partial charge in [0, 0.05) is 16.1 Å². The first kappa shape index (κ1) is 13.1. The van der Waals surface area contributed by atoms with Crippen molar-refractivity contribution in [2.24, 2.45) is 0 Å². The standard InChI is InChI=1S/C15H12Cl2O/c1-9-3-5-12(10(2)7-9)15(18)13-6-4-11(16)8-14(13)17/h3-8H,1-2H3. The molecule has 0 saturated heterocycles. The third kappa shape index (κ3) is 2.58. The Labute approximate surface area is 116 Å². The minimum absolute atomic E-state index is 0.0748. The fourth-order valence-electron chi connectivity index (χ4n) is 1.89. The second-order valence-electron chi connectivity index (χ2n) is 4.27. The molecule has 0 bridgehead atoms. The van der Waals surface area contributed by atoms with Gasteiger partial charge >= 0.3 is 0 Å². The van der Waals surface area contributed by atoms with Crippen LogP contribution < -0.4 is 0 Å². The zero-order valence-electron chi connectivity index (χ0n) is 10.1. The van der Waals surface area contributed by atoms with Gasteiger partial charge in [0.05, 0.1) is 5.02 Å². The topological polar surface area (TPSA) is 17.1 Å². The van der Waals surface area contributed by atoms with Gasteiger partial charge in [-0.3, -0.25) is 4.79 Å². The molecule has 92 valence electrons. The number of hydrogen-bond donors (Lipinski definition) is 0. The monoisotopic (exact) mass is 278 g/mol. The van der Waals surface area contributed by atoms with Gasteiger partial charge in [-0.15, -0.1) is 0 Å². The molecule has 0 aliphatic carbocycles. The summed E-state index contributed by atoms with van der Waals surface area (Å²) >= 11 is 11.9. The molecular formula is C15H12Cl2O. The largest absolute Gasteiger partial charge is 0.289 e. The molecule has 0 atom stereocenters. The molecule has 0 N–H and O–H groups in total. The summed E-state index contributed by atoms with van der Waals surface area (Å²) in [4.78, 5) is 12.4. The van der Waals surface area contributed by atoms with Crippen LogP contribution in [0.2, 0.25) is 10.0 Å². The quantitative estimate of drug-likeness (QED) is 0.719. The Morgan fingerprint density at radius 2 is 1.61 bits per heavy atom. The molecule has 0 spiro atoms. The van der Waals surface area contributed by atoms with Crippen molar-refractivity contribution in [3.8, 4) is 0 Å². The summed E-state index contributed by atoms with van der Waals surface area (Å²) in [5.41, 5.74) is 3.23. The second kappa shape index (κ2) is 5.13. The minimum Gasteiger partial charge on any atom is -0.289 e. The van der Waals surface area contributed by atoms with Crippen LogP contribution in [0.3, 0.4) is 0 Å². The lowest BCUT2D eigenvalue weighted by molar-refractivity contribution is 0.103. The Hall–Kier alpha value is -1.31. The van der Waals surface area contributed by atoms with Crippen LogP contribution in [0, 0.1) is 13.8 Å². The Morgan fingerprint density at radius 3 is 2.22 bits per heavy atom. The smallest absolute Gasteiger partial charge is 0.194 e. The van der Waals surface area contributed by atoms with Crippen LogP contribution in [-0.4, -0.2) is 5.78 Å². The van der Waals surface area contributed by atoms with Gasteiger partial charge in [-0.05, 0) is 37.6 Å². The van der Waals surface area contributed by atoms with Crippen LogP contribution in [0.1, 0.15) is 27.0 Å². The predicted molar refractivity (Wildman–Crippen MR) is 75.8 cm³/mol. The maximum atomic E-state index is 12.4. The van der Waals surface area contributed by atoms with Gasteiger partial charge in [-0.1, -0.05) is 47.0 Å².